The van der Waals surface area contributed by atoms with E-state index in [4.69, 9.17) is 13.6 Å². The van der Waals surface area contributed by atoms with Crippen LogP contribution in [0.2, 0.25) is 0 Å². The van der Waals surface area contributed by atoms with Crippen molar-refractivity contribution in [2.45, 2.75) is 124 Å². The zero-order chi connectivity index (χ0) is 46.3. The number of phenols is 3. The van der Waals surface area contributed by atoms with Crippen LogP contribution in [0.1, 0.15) is 137 Å². The molecular formula is C55H65O7P. The Bertz CT molecular complexity index is 2510. The molecule has 0 bridgehead atoms. The first-order valence-corrected chi connectivity index (χ1v) is 23.2. The van der Waals surface area contributed by atoms with Crippen molar-refractivity contribution in [3.8, 4) is 34.5 Å². The van der Waals surface area contributed by atoms with Crippen molar-refractivity contribution in [2.24, 2.45) is 0 Å². The summed E-state index contributed by atoms with van der Waals surface area (Å²) in [5.74, 6) is 1.34. The molecule has 1 unspecified atom stereocenters. The summed E-state index contributed by atoms with van der Waals surface area (Å²) in [4.78, 5) is 0. The Balaban J connectivity index is 1.76. The van der Waals surface area contributed by atoms with E-state index in [-0.39, 0.29) is 34.3 Å². The summed E-state index contributed by atoms with van der Waals surface area (Å²) in [5, 5.41) is 34.6. The van der Waals surface area contributed by atoms with E-state index >= 15 is 4.57 Å². The predicted octanol–water partition coefficient (Wildman–Crippen LogP) is 14.8. The highest BCUT2D eigenvalue weighted by Gasteiger charge is 2.46. The predicted molar refractivity (Wildman–Crippen MR) is 256 cm³/mol. The van der Waals surface area contributed by atoms with Crippen LogP contribution in [0.3, 0.4) is 0 Å². The number of phenolic OH excluding ortho intramolecular Hbond substituents is 3. The SMILES string of the molecule is Cc1cc(O)c(C(C)(C)C)cc1C(C)CC(c1cc(C(C)(C)C)c(O)cc1C)(c1cc(C(C)(C)C)c(O)cc1C)c1ccccc1OP(=O)(Oc1ccccc1)Oc1ccccc1. The smallest absolute Gasteiger partial charge is 0.508 e. The highest BCUT2D eigenvalue weighted by atomic mass is 31.2. The van der Waals surface area contributed by atoms with Crippen molar-refractivity contribution >= 4 is 7.82 Å². The Morgan fingerprint density at radius 3 is 1.29 bits per heavy atom. The lowest BCUT2D eigenvalue weighted by atomic mass is 9.60. The maximum Gasteiger partial charge on any atom is 0.647 e. The molecule has 0 fully saturated rings. The molecule has 63 heavy (non-hydrogen) atoms. The van der Waals surface area contributed by atoms with Crippen molar-refractivity contribution in [3.63, 3.8) is 0 Å². The zero-order valence-corrected chi connectivity index (χ0v) is 40.1. The molecule has 7 nitrogen and oxygen atoms in total. The van der Waals surface area contributed by atoms with E-state index in [9.17, 15) is 15.3 Å². The van der Waals surface area contributed by atoms with Crippen molar-refractivity contribution in [3.05, 3.63) is 177 Å². The normalized spacial score (nSPS) is 13.1. The van der Waals surface area contributed by atoms with Crippen molar-refractivity contribution in [2.75, 3.05) is 0 Å². The van der Waals surface area contributed by atoms with E-state index in [2.05, 4.69) is 87.4 Å². The topological polar surface area (TPSA) is 105 Å². The van der Waals surface area contributed by atoms with Gasteiger partial charge in [-0.3, -0.25) is 0 Å². The van der Waals surface area contributed by atoms with Gasteiger partial charge in [0.1, 0.15) is 34.5 Å². The number of phosphoric acid groups is 1. The summed E-state index contributed by atoms with van der Waals surface area (Å²) < 4.78 is 34.6. The number of phosphoric ester groups is 1. The molecule has 332 valence electrons. The van der Waals surface area contributed by atoms with Gasteiger partial charge in [-0.05, 0) is 148 Å². The van der Waals surface area contributed by atoms with Gasteiger partial charge in [0.25, 0.3) is 0 Å². The molecule has 0 heterocycles. The maximum absolute atomic E-state index is 15.4. The van der Waals surface area contributed by atoms with Crippen LogP contribution in [0.15, 0.2) is 121 Å². The summed E-state index contributed by atoms with van der Waals surface area (Å²) in [6.45, 7) is 27.0. The summed E-state index contributed by atoms with van der Waals surface area (Å²) >= 11 is 0. The number of aromatic hydroxyl groups is 3. The first kappa shape index (κ1) is 46.8. The van der Waals surface area contributed by atoms with Crippen LogP contribution >= 0.6 is 7.82 Å². The number of hydrogen-bond donors (Lipinski definition) is 3. The van der Waals surface area contributed by atoms with Gasteiger partial charge in [-0.25, -0.2) is 0 Å². The summed E-state index contributed by atoms with van der Waals surface area (Å²) in [6, 6.07) is 37.2. The molecule has 0 saturated heterocycles. The van der Waals surface area contributed by atoms with Gasteiger partial charge in [-0.15, -0.1) is 0 Å². The standard InChI is InChI=1S/C55H65O7P/c1-35-28-48(56)45(52(5,6)7)31-41(35)38(4)34-55(43-32-46(53(8,9)10)49(57)29-36(43)2,44-33-47(54(11,12)13)50(58)30-37(44)3)42-26-20-21-27-51(42)62-63(59,60-39-22-16-14-17-23-39)61-40-24-18-15-19-25-40/h14-33,38,56-58H,34H2,1-13H3. The summed E-state index contributed by atoms with van der Waals surface area (Å²) in [7, 11) is -4.51. The average Bonchev–Trinajstić information content (AvgIpc) is 3.16. The van der Waals surface area contributed by atoms with Crippen LogP contribution in [-0.2, 0) is 26.2 Å². The van der Waals surface area contributed by atoms with Gasteiger partial charge in [-0.2, -0.15) is 4.57 Å². The van der Waals surface area contributed by atoms with Crippen molar-refractivity contribution in [1.82, 2.24) is 0 Å². The lowest BCUT2D eigenvalue weighted by Crippen LogP contribution is -2.35. The Morgan fingerprint density at radius 1 is 0.476 bits per heavy atom. The second kappa shape index (κ2) is 17.5. The van der Waals surface area contributed by atoms with Crippen LogP contribution in [0.5, 0.6) is 34.5 Å². The number of rotatable bonds is 12. The second-order valence-corrected chi connectivity index (χ2v) is 21.6. The Kier molecular flexibility index (Phi) is 13.0. The number of hydrogen-bond acceptors (Lipinski definition) is 7. The molecule has 3 N–H and O–H groups in total. The molecule has 0 spiro atoms. The van der Waals surface area contributed by atoms with Crippen molar-refractivity contribution in [1.29, 1.82) is 0 Å². The van der Waals surface area contributed by atoms with Gasteiger partial charge in [0.2, 0.25) is 0 Å². The van der Waals surface area contributed by atoms with E-state index < -0.39 is 24.1 Å². The van der Waals surface area contributed by atoms with Crippen LogP contribution in [0.25, 0.3) is 0 Å². The van der Waals surface area contributed by atoms with Gasteiger partial charge >= 0.3 is 7.82 Å². The minimum absolute atomic E-state index is 0.176. The fraction of sp³-hybridized carbons (Fsp3) is 0.345. The molecule has 8 heteroatoms. The highest BCUT2D eigenvalue weighted by molar-refractivity contribution is 7.49. The molecule has 0 aliphatic carbocycles. The molecule has 6 rings (SSSR count). The largest absolute Gasteiger partial charge is 0.647 e. The highest BCUT2D eigenvalue weighted by Crippen LogP contribution is 2.57. The molecule has 0 aromatic heterocycles. The summed E-state index contributed by atoms with van der Waals surface area (Å²) in [6.07, 6.45) is 0.441. The Hall–Kier alpha value is -5.65. The molecule has 6 aromatic rings. The molecule has 0 amide bonds. The minimum Gasteiger partial charge on any atom is -0.508 e. The van der Waals surface area contributed by atoms with Gasteiger partial charge < -0.3 is 28.9 Å². The van der Waals surface area contributed by atoms with Gasteiger partial charge in [0.05, 0.1) is 0 Å². The average molecular weight is 869 g/mol. The van der Waals surface area contributed by atoms with Crippen LogP contribution in [-0.4, -0.2) is 15.3 Å². The Morgan fingerprint density at radius 2 is 0.857 bits per heavy atom. The zero-order valence-electron chi connectivity index (χ0n) is 39.3. The molecule has 0 aliphatic rings. The molecule has 0 radical (unpaired) electrons. The fourth-order valence-electron chi connectivity index (χ4n) is 8.98. The first-order valence-electron chi connectivity index (χ1n) is 21.8. The fourth-order valence-corrected chi connectivity index (χ4v) is 10.2. The summed E-state index contributed by atoms with van der Waals surface area (Å²) in [5.41, 5.74) is 6.11. The molecule has 0 saturated carbocycles. The lowest BCUT2D eigenvalue weighted by Gasteiger charge is -2.42. The molecular weight excluding hydrogens is 804 g/mol. The van der Waals surface area contributed by atoms with Crippen LogP contribution < -0.4 is 13.6 Å². The molecule has 6 aromatic carbocycles. The third kappa shape index (κ3) is 9.95. The Labute approximate surface area is 375 Å². The molecule has 0 aliphatic heterocycles. The van der Waals surface area contributed by atoms with Gasteiger partial charge in [-0.1, -0.05) is 142 Å². The minimum atomic E-state index is -4.51. The van der Waals surface area contributed by atoms with Crippen LogP contribution in [0.4, 0.5) is 0 Å². The third-order valence-electron chi connectivity index (χ3n) is 12.0. The number of para-hydroxylation sites is 3. The first-order chi connectivity index (χ1) is 29.3. The van der Waals surface area contributed by atoms with E-state index in [1.54, 1.807) is 54.6 Å². The van der Waals surface area contributed by atoms with E-state index in [1.807, 2.05) is 69.3 Å². The van der Waals surface area contributed by atoms with Gasteiger partial charge in [0.15, 0.2) is 0 Å². The number of aryl methyl sites for hydroxylation is 3. The van der Waals surface area contributed by atoms with Crippen molar-refractivity contribution < 1.29 is 33.5 Å². The third-order valence-corrected chi connectivity index (χ3v) is 13.3. The lowest BCUT2D eigenvalue weighted by molar-refractivity contribution is 0.295. The van der Waals surface area contributed by atoms with E-state index in [0.717, 1.165) is 50.1 Å². The van der Waals surface area contributed by atoms with E-state index in [0.29, 0.717) is 23.5 Å². The number of benzene rings is 6. The monoisotopic (exact) mass is 868 g/mol. The molecule has 1 atom stereocenters. The van der Waals surface area contributed by atoms with Crippen LogP contribution in [0, 0.1) is 20.8 Å². The second-order valence-electron chi connectivity index (χ2n) is 20.2. The maximum atomic E-state index is 15.4. The van der Waals surface area contributed by atoms with E-state index in [1.165, 1.54) is 0 Å². The van der Waals surface area contributed by atoms with Gasteiger partial charge in [0, 0.05) is 11.0 Å². The quantitative estimate of drug-likeness (QED) is 0.0831.